The van der Waals surface area contributed by atoms with Gasteiger partial charge in [-0.1, -0.05) is 72.3 Å². The van der Waals surface area contributed by atoms with Crippen molar-refractivity contribution >= 4 is 29.2 Å². The number of hydrogen-bond donors (Lipinski definition) is 1. The normalized spacial score (nSPS) is 10.4. The number of amides is 1. The van der Waals surface area contributed by atoms with Crippen LogP contribution in [0.3, 0.4) is 0 Å². The summed E-state index contributed by atoms with van der Waals surface area (Å²) in [6.07, 6.45) is 0.706. The van der Waals surface area contributed by atoms with Crippen LogP contribution in [0.5, 0.6) is 0 Å². The minimum Gasteiger partial charge on any atom is -0.452 e. The van der Waals surface area contributed by atoms with Gasteiger partial charge >= 0.3 is 5.97 Å². The lowest BCUT2D eigenvalue weighted by Gasteiger charge is -2.23. The molecule has 5 nitrogen and oxygen atoms in total. The highest BCUT2D eigenvalue weighted by molar-refractivity contribution is 6.31. The van der Waals surface area contributed by atoms with E-state index in [4.69, 9.17) is 22.1 Å². The molecule has 154 valence electrons. The van der Waals surface area contributed by atoms with Gasteiger partial charge in [-0.05, 0) is 35.7 Å². The summed E-state index contributed by atoms with van der Waals surface area (Å²) in [6.45, 7) is 0.591. The van der Waals surface area contributed by atoms with Crippen molar-refractivity contribution < 1.29 is 14.3 Å². The first-order valence-electron chi connectivity index (χ1n) is 9.60. The Labute approximate surface area is 181 Å². The second kappa shape index (κ2) is 10.5. The fraction of sp³-hybridized carbons (Fsp3) is 0.167. The Morgan fingerprint density at radius 2 is 1.53 bits per heavy atom. The van der Waals surface area contributed by atoms with E-state index in [0.29, 0.717) is 24.5 Å². The van der Waals surface area contributed by atoms with Crippen LogP contribution >= 0.6 is 11.6 Å². The maximum absolute atomic E-state index is 12.8. The average Bonchev–Trinajstić information content (AvgIpc) is 2.76. The SMILES string of the molecule is Nc1cc(Cl)ccc1C(=O)OCC(=O)N(CCc1ccccc1)Cc1ccccc1. The third kappa shape index (κ3) is 6.09. The molecule has 0 heterocycles. The Morgan fingerprint density at radius 3 is 2.17 bits per heavy atom. The number of anilines is 1. The molecule has 3 rings (SSSR count). The molecule has 0 fully saturated rings. The van der Waals surface area contributed by atoms with Gasteiger partial charge in [0, 0.05) is 23.8 Å². The van der Waals surface area contributed by atoms with E-state index in [1.54, 1.807) is 11.0 Å². The summed E-state index contributed by atoms with van der Waals surface area (Å²) >= 11 is 5.86. The van der Waals surface area contributed by atoms with Crippen LogP contribution in [-0.2, 0) is 22.5 Å². The number of esters is 1. The first-order chi connectivity index (χ1) is 14.5. The van der Waals surface area contributed by atoms with Crippen LogP contribution in [0.25, 0.3) is 0 Å². The summed E-state index contributed by atoms with van der Waals surface area (Å²) in [5, 5.41) is 0.426. The average molecular weight is 423 g/mol. The number of nitrogens with zero attached hydrogens (tertiary/aromatic N) is 1. The molecule has 2 N–H and O–H groups in total. The van der Waals surface area contributed by atoms with Gasteiger partial charge in [-0.15, -0.1) is 0 Å². The van der Waals surface area contributed by atoms with Crippen molar-refractivity contribution in [1.82, 2.24) is 4.90 Å². The highest BCUT2D eigenvalue weighted by Gasteiger charge is 2.18. The highest BCUT2D eigenvalue weighted by Crippen LogP contribution is 2.19. The van der Waals surface area contributed by atoms with Crippen molar-refractivity contribution in [2.45, 2.75) is 13.0 Å². The van der Waals surface area contributed by atoms with Crippen LogP contribution in [0.1, 0.15) is 21.5 Å². The number of nitrogen functional groups attached to an aromatic ring is 1. The Bertz CT molecular complexity index is 994. The topological polar surface area (TPSA) is 72.6 Å². The lowest BCUT2D eigenvalue weighted by molar-refractivity contribution is -0.135. The second-order valence-corrected chi connectivity index (χ2v) is 7.28. The molecule has 0 aromatic heterocycles. The van der Waals surface area contributed by atoms with Crippen molar-refractivity contribution in [1.29, 1.82) is 0 Å². The molecule has 0 bridgehead atoms. The molecule has 0 saturated carbocycles. The van der Waals surface area contributed by atoms with E-state index in [1.807, 2.05) is 60.7 Å². The van der Waals surface area contributed by atoms with E-state index >= 15 is 0 Å². The Morgan fingerprint density at radius 1 is 0.900 bits per heavy atom. The molecule has 3 aromatic rings. The number of hydrogen-bond acceptors (Lipinski definition) is 4. The number of rotatable bonds is 8. The van der Waals surface area contributed by atoms with Crippen molar-refractivity contribution in [3.63, 3.8) is 0 Å². The molecule has 0 spiro atoms. The monoisotopic (exact) mass is 422 g/mol. The van der Waals surface area contributed by atoms with E-state index in [2.05, 4.69) is 0 Å². The molecule has 30 heavy (non-hydrogen) atoms. The first kappa shape index (κ1) is 21.4. The smallest absolute Gasteiger partial charge is 0.340 e. The zero-order valence-electron chi connectivity index (χ0n) is 16.5. The molecule has 0 atom stereocenters. The van der Waals surface area contributed by atoms with Gasteiger partial charge in [0.25, 0.3) is 5.91 Å². The molecule has 0 unspecified atom stereocenters. The predicted molar refractivity (Wildman–Crippen MR) is 118 cm³/mol. The Balaban J connectivity index is 1.65. The van der Waals surface area contributed by atoms with Crippen LogP contribution < -0.4 is 5.73 Å². The fourth-order valence-electron chi connectivity index (χ4n) is 3.02. The summed E-state index contributed by atoms with van der Waals surface area (Å²) in [5.74, 6) is -0.920. The van der Waals surface area contributed by atoms with Crippen molar-refractivity contribution in [2.75, 3.05) is 18.9 Å². The van der Waals surface area contributed by atoms with Crippen molar-refractivity contribution in [3.8, 4) is 0 Å². The van der Waals surface area contributed by atoms with Gasteiger partial charge in [0.05, 0.1) is 5.56 Å². The molecule has 0 saturated heterocycles. The van der Waals surface area contributed by atoms with E-state index in [0.717, 1.165) is 11.1 Å². The number of benzene rings is 3. The number of nitrogens with two attached hydrogens (primary N) is 1. The van der Waals surface area contributed by atoms with Gasteiger partial charge in [-0.25, -0.2) is 4.79 Å². The standard InChI is InChI=1S/C24H23ClN2O3/c25-20-11-12-21(22(26)15-20)24(29)30-17-23(28)27(16-19-9-5-2-6-10-19)14-13-18-7-3-1-4-8-18/h1-12,15H,13-14,16-17,26H2. The van der Waals surface area contributed by atoms with E-state index in [9.17, 15) is 9.59 Å². The van der Waals surface area contributed by atoms with Gasteiger partial charge in [0.15, 0.2) is 6.61 Å². The third-order valence-electron chi connectivity index (χ3n) is 4.64. The maximum Gasteiger partial charge on any atom is 0.340 e. The van der Waals surface area contributed by atoms with Crippen molar-refractivity contribution in [3.05, 3.63) is 101 Å². The molecular weight excluding hydrogens is 400 g/mol. The summed E-state index contributed by atoms with van der Waals surface area (Å²) in [7, 11) is 0. The Hall–Kier alpha value is -3.31. The van der Waals surface area contributed by atoms with Gasteiger partial charge in [0.2, 0.25) is 0 Å². The van der Waals surface area contributed by atoms with Crippen LogP contribution in [0.2, 0.25) is 5.02 Å². The predicted octanol–water partition coefficient (Wildman–Crippen LogP) is 4.35. The lowest BCUT2D eigenvalue weighted by Crippen LogP contribution is -2.36. The summed E-state index contributed by atoms with van der Waals surface area (Å²) in [5.41, 5.74) is 8.36. The molecular formula is C24H23ClN2O3. The largest absolute Gasteiger partial charge is 0.452 e. The minimum atomic E-state index is -0.653. The van der Waals surface area contributed by atoms with Crippen LogP contribution in [0.4, 0.5) is 5.69 Å². The molecule has 6 heteroatoms. The molecule has 3 aromatic carbocycles. The fourth-order valence-corrected chi connectivity index (χ4v) is 3.20. The first-order valence-corrected chi connectivity index (χ1v) is 9.98. The molecule has 0 aliphatic heterocycles. The zero-order chi connectivity index (χ0) is 21.3. The van der Waals surface area contributed by atoms with Gasteiger partial charge < -0.3 is 15.4 Å². The lowest BCUT2D eigenvalue weighted by atomic mass is 10.1. The number of carbonyl (C=O) groups is 2. The summed E-state index contributed by atoms with van der Waals surface area (Å²) in [6, 6.07) is 24.2. The quantitative estimate of drug-likeness (QED) is 0.432. The van der Waals surface area contributed by atoms with Crippen molar-refractivity contribution in [2.24, 2.45) is 0 Å². The van der Waals surface area contributed by atoms with Gasteiger partial charge in [0.1, 0.15) is 0 Å². The molecule has 0 aliphatic carbocycles. The molecule has 0 aliphatic rings. The molecule has 1 amide bonds. The third-order valence-corrected chi connectivity index (χ3v) is 4.88. The Kier molecular flexibility index (Phi) is 7.46. The van der Waals surface area contributed by atoms with Gasteiger partial charge in [-0.2, -0.15) is 0 Å². The second-order valence-electron chi connectivity index (χ2n) is 6.84. The number of ether oxygens (including phenoxy) is 1. The van der Waals surface area contributed by atoms with Crippen LogP contribution in [0.15, 0.2) is 78.9 Å². The zero-order valence-corrected chi connectivity index (χ0v) is 17.2. The highest BCUT2D eigenvalue weighted by atomic mass is 35.5. The van der Waals surface area contributed by atoms with Gasteiger partial charge in [-0.3, -0.25) is 4.79 Å². The van der Waals surface area contributed by atoms with E-state index < -0.39 is 5.97 Å². The number of halogens is 1. The minimum absolute atomic E-state index is 0.186. The van der Waals surface area contributed by atoms with Crippen LogP contribution in [-0.4, -0.2) is 29.9 Å². The summed E-state index contributed by atoms with van der Waals surface area (Å²) in [4.78, 5) is 26.9. The van der Waals surface area contributed by atoms with E-state index in [-0.39, 0.29) is 23.8 Å². The van der Waals surface area contributed by atoms with Crippen LogP contribution in [0, 0.1) is 0 Å². The summed E-state index contributed by atoms with van der Waals surface area (Å²) < 4.78 is 5.23. The number of carbonyl (C=O) groups excluding carboxylic acids is 2. The maximum atomic E-state index is 12.8. The van der Waals surface area contributed by atoms with E-state index in [1.165, 1.54) is 12.1 Å². The molecule has 0 radical (unpaired) electrons.